The van der Waals surface area contributed by atoms with Crippen molar-refractivity contribution in [1.82, 2.24) is 0 Å². The number of carbonyl (C=O) groups is 4. The van der Waals surface area contributed by atoms with Gasteiger partial charge in [0.05, 0.1) is 6.42 Å². The first-order chi connectivity index (χ1) is 12.6. The molecule has 18 nitrogen and oxygen atoms in total. The molecule has 7 N–H and O–H groups in total. The Labute approximate surface area is 190 Å². The topological polar surface area (TPSA) is 305 Å². The van der Waals surface area contributed by atoms with Gasteiger partial charge in [-0.15, -0.1) is 20.2 Å². The van der Waals surface area contributed by atoms with Crippen molar-refractivity contribution in [3.8, 4) is 0 Å². The summed E-state index contributed by atoms with van der Waals surface area (Å²) in [7, 11) is 0. The van der Waals surface area contributed by atoms with Gasteiger partial charge in [0.25, 0.3) is 10.2 Å². The number of aliphatic carboxylic acids is 2. The van der Waals surface area contributed by atoms with E-state index in [2.05, 4.69) is 4.74 Å². The molecule has 0 radical (unpaired) electrons. The van der Waals surface area contributed by atoms with E-state index < -0.39 is 53.5 Å². The molecule has 19 heteroatoms. The Bertz CT molecular complexity index is 506. The molecule has 0 aliphatic heterocycles. The van der Waals surface area contributed by atoms with Crippen LogP contribution in [0.5, 0.6) is 0 Å². The first kappa shape index (κ1) is 37.4. The molecule has 0 aromatic carbocycles. The predicted octanol–water partition coefficient (Wildman–Crippen LogP) is -3.35. The molecule has 0 aliphatic rings. The summed E-state index contributed by atoms with van der Waals surface area (Å²) in [6, 6.07) is 0. The van der Waals surface area contributed by atoms with Crippen molar-refractivity contribution < 1.29 is 70.0 Å². The second-order valence-corrected chi connectivity index (χ2v) is 3.94. The summed E-state index contributed by atoms with van der Waals surface area (Å²) in [4.78, 5) is 57.0. The number of aliphatic hydroxyl groups excluding tert-OH is 3. The Morgan fingerprint density at radius 3 is 1.45 bits per heavy atom. The predicted molar refractivity (Wildman–Crippen MR) is 83.7 cm³/mol. The van der Waals surface area contributed by atoms with Gasteiger partial charge in [-0.3, -0.25) is 9.59 Å². The van der Waals surface area contributed by atoms with Gasteiger partial charge in [-0.05, 0) is 6.92 Å². The van der Waals surface area contributed by atoms with E-state index in [0.29, 0.717) is 0 Å². The van der Waals surface area contributed by atoms with Crippen LogP contribution in [0.15, 0.2) is 0 Å². The Hall–Kier alpha value is -2.38. The zero-order valence-corrected chi connectivity index (χ0v) is 16.9. The van der Waals surface area contributed by atoms with Crippen LogP contribution < -0.4 is 0 Å². The minimum atomic E-state index is -1.79. The molecule has 2 unspecified atom stereocenters. The molecule has 0 bridgehead atoms. The van der Waals surface area contributed by atoms with Crippen LogP contribution >= 0.6 is 0 Å². The van der Waals surface area contributed by atoms with Gasteiger partial charge in [0.1, 0.15) is 5.78 Å². The van der Waals surface area contributed by atoms with Crippen molar-refractivity contribution in [2.75, 3.05) is 6.79 Å². The molecule has 0 spiro atoms. The van der Waals surface area contributed by atoms with E-state index in [1.807, 2.05) is 0 Å². The molecule has 29 heavy (non-hydrogen) atoms. The van der Waals surface area contributed by atoms with Gasteiger partial charge < -0.3 is 40.7 Å². The van der Waals surface area contributed by atoms with Gasteiger partial charge in [-0.25, -0.2) is 9.59 Å². The largest absolute Gasteiger partial charge is 2.00 e. The number of ether oxygens (including phenoxy) is 1. The van der Waals surface area contributed by atoms with Crippen LogP contribution in [0.3, 0.4) is 0 Å². The maximum atomic E-state index is 10.5. The van der Waals surface area contributed by atoms with Gasteiger partial charge in [-0.2, -0.15) is 0 Å². The number of hydrogen-bond acceptors (Lipinski definition) is 12. The molecular formula is C10H18CaN2O16+2. The van der Waals surface area contributed by atoms with E-state index in [1.165, 1.54) is 6.92 Å². The molecule has 0 rings (SSSR count). The first-order valence-electron chi connectivity index (χ1n) is 6.32. The van der Waals surface area contributed by atoms with E-state index in [-0.39, 0.29) is 49.9 Å². The van der Waals surface area contributed by atoms with Gasteiger partial charge in [-0.1, -0.05) is 0 Å². The zero-order chi connectivity index (χ0) is 23.4. The second-order valence-electron chi connectivity index (χ2n) is 3.94. The smallest absolute Gasteiger partial charge is 0.481 e. The number of nitrogens with zero attached hydrogens (tertiary/aromatic N) is 2. The van der Waals surface area contributed by atoms with Gasteiger partial charge in [0.15, 0.2) is 19.0 Å². The third-order valence-electron chi connectivity index (χ3n) is 1.61. The van der Waals surface area contributed by atoms with E-state index in [0.717, 1.165) is 0 Å². The molecule has 0 aliphatic carbocycles. The van der Waals surface area contributed by atoms with Crippen molar-refractivity contribution in [3.05, 3.63) is 20.2 Å². The number of ketones is 1. The summed E-state index contributed by atoms with van der Waals surface area (Å²) in [5, 5.41) is 68.3. The van der Waals surface area contributed by atoms with Crippen molar-refractivity contribution in [1.29, 1.82) is 0 Å². The standard InChI is InChI=1S/C6H10O5.C4H6O5.Ca.2HNO3/c1-4(8)2-5(9)6(10)11-3-7;5-2(4(8)9)1-3(6)7;;2*2-1(3)4/h5,7,9H,2-3H2,1H3;2,5H,1H2,(H,6,7)(H,8,9);;2*(H,2,3,4)/q;;+2;;. The number of aliphatic hydroxyl groups is 3. The molecular weight excluding hydrogens is 444 g/mol. The summed E-state index contributed by atoms with van der Waals surface area (Å²) in [5.41, 5.74) is 0. The van der Waals surface area contributed by atoms with Crippen LogP contribution in [-0.2, 0) is 23.9 Å². The monoisotopic (exact) mass is 462 g/mol. The fraction of sp³-hybridized carbons (Fsp3) is 0.600. The van der Waals surface area contributed by atoms with Crippen LogP contribution in [-0.4, -0.2) is 127 Å². The van der Waals surface area contributed by atoms with Gasteiger partial charge in [0, 0.05) is 6.42 Å². The van der Waals surface area contributed by atoms with Crippen LogP contribution in [0.1, 0.15) is 19.8 Å². The first-order valence-corrected chi connectivity index (χ1v) is 6.32. The van der Waals surface area contributed by atoms with E-state index in [9.17, 15) is 19.2 Å². The Balaban J connectivity index is -0.0000000956. The minimum Gasteiger partial charge on any atom is -0.481 e. The maximum absolute atomic E-state index is 10.5. The van der Waals surface area contributed by atoms with Gasteiger partial charge >= 0.3 is 55.6 Å². The van der Waals surface area contributed by atoms with Gasteiger partial charge in [0.2, 0.25) is 0 Å². The Morgan fingerprint density at radius 1 is 0.931 bits per heavy atom. The Kier molecular flexibility index (Phi) is 30.5. The van der Waals surface area contributed by atoms with Crippen LogP contribution in [0.25, 0.3) is 0 Å². The van der Waals surface area contributed by atoms with E-state index >= 15 is 0 Å². The quantitative estimate of drug-likeness (QED) is 0.0638. The van der Waals surface area contributed by atoms with Crippen LogP contribution in [0.4, 0.5) is 0 Å². The fourth-order valence-corrected chi connectivity index (χ4v) is 0.768. The van der Waals surface area contributed by atoms with Crippen molar-refractivity contribution in [3.63, 3.8) is 0 Å². The third-order valence-corrected chi connectivity index (χ3v) is 1.61. The molecule has 164 valence electrons. The number of hydrogen-bond donors (Lipinski definition) is 7. The Morgan fingerprint density at radius 2 is 1.28 bits per heavy atom. The molecule has 0 heterocycles. The summed E-state index contributed by atoms with van der Waals surface area (Å²) in [6.45, 7) is 0.462. The number of rotatable bonds is 7. The number of carboxylic acid groups (broad SMARTS) is 2. The fourth-order valence-electron chi connectivity index (χ4n) is 0.768. The summed E-state index contributed by atoms with van der Waals surface area (Å²) >= 11 is 0. The molecule has 0 aromatic rings. The van der Waals surface area contributed by atoms with Crippen molar-refractivity contribution in [2.45, 2.75) is 32.0 Å². The van der Waals surface area contributed by atoms with Crippen LogP contribution in [0, 0.1) is 20.2 Å². The van der Waals surface area contributed by atoms with Crippen LogP contribution in [0.2, 0.25) is 0 Å². The molecule has 0 amide bonds. The van der Waals surface area contributed by atoms with Crippen molar-refractivity contribution in [2.24, 2.45) is 0 Å². The normalized spacial score (nSPS) is 10.2. The summed E-state index contributed by atoms with van der Waals surface area (Å²) in [5.74, 6) is -4.14. The summed E-state index contributed by atoms with van der Waals surface area (Å²) in [6.07, 6.45) is -4.28. The van der Waals surface area contributed by atoms with E-state index in [4.69, 9.17) is 56.2 Å². The van der Waals surface area contributed by atoms with Crippen molar-refractivity contribution >= 4 is 61.4 Å². The molecule has 0 fully saturated rings. The molecule has 2 atom stereocenters. The maximum Gasteiger partial charge on any atom is 2.00 e. The number of carboxylic acids is 2. The SMILES string of the molecule is CC(=O)CC(O)C(=O)OCO.O=C(O)CC(O)C(=O)O.O=[N+]([O-])O.O=[N+]([O-])O.[Ca+2]. The molecule has 0 saturated carbocycles. The average molecular weight is 462 g/mol. The zero-order valence-electron chi connectivity index (χ0n) is 14.7. The molecule has 0 aromatic heterocycles. The number of esters is 1. The van der Waals surface area contributed by atoms with E-state index in [1.54, 1.807) is 0 Å². The second kappa shape index (κ2) is 23.7. The number of Topliss-reactive ketones (excluding diaryl/α,β-unsaturated/α-hetero) is 1. The average Bonchev–Trinajstić information content (AvgIpc) is 2.45. The number of carbonyl (C=O) groups excluding carboxylic acids is 2. The summed E-state index contributed by atoms with van der Waals surface area (Å²) < 4.78 is 4.02. The minimum absolute atomic E-state index is 0. The third kappa shape index (κ3) is 51.7. The molecule has 0 saturated heterocycles.